The molecule has 0 bridgehead atoms. The molecule has 2 N–H and O–H groups in total. The zero-order chi connectivity index (χ0) is 12.6. The lowest BCUT2D eigenvalue weighted by atomic mass is 9.95. The van der Waals surface area contributed by atoms with Crippen molar-refractivity contribution in [2.75, 3.05) is 13.1 Å². The predicted molar refractivity (Wildman–Crippen MR) is 70.5 cm³/mol. The van der Waals surface area contributed by atoms with Crippen molar-refractivity contribution in [1.29, 1.82) is 0 Å². The van der Waals surface area contributed by atoms with Gasteiger partial charge >= 0.3 is 0 Å². The Kier molecular flexibility index (Phi) is 5.27. The van der Waals surface area contributed by atoms with Gasteiger partial charge in [-0.15, -0.1) is 0 Å². The molecule has 1 aliphatic rings. The number of hydrogen-bond acceptors (Lipinski definition) is 3. The quantitative estimate of drug-likeness (QED) is 0.762. The van der Waals surface area contributed by atoms with E-state index in [9.17, 15) is 4.79 Å². The van der Waals surface area contributed by atoms with E-state index in [2.05, 4.69) is 10.6 Å². The maximum absolute atomic E-state index is 11.5. The Hall–Kier alpha value is -1.29. The molecule has 0 atom stereocenters. The first-order chi connectivity index (χ1) is 8.86. The molecule has 0 spiro atoms. The van der Waals surface area contributed by atoms with E-state index in [0.717, 1.165) is 13.0 Å². The zero-order valence-electron chi connectivity index (χ0n) is 10.8. The second kappa shape index (κ2) is 7.21. The SMILES string of the molecule is O=C(NCCCNC1CCCCC1)c1ccco1. The first kappa shape index (κ1) is 13.1. The Bertz CT molecular complexity index is 343. The lowest BCUT2D eigenvalue weighted by molar-refractivity contribution is 0.0925. The number of nitrogens with one attached hydrogen (secondary N) is 2. The van der Waals surface area contributed by atoms with Crippen molar-refractivity contribution in [2.24, 2.45) is 0 Å². The molecule has 1 aromatic heterocycles. The highest BCUT2D eigenvalue weighted by Crippen LogP contribution is 2.17. The Balaban J connectivity index is 1.52. The molecule has 2 rings (SSSR count). The van der Waals surface area contributed by atoms with E-state index >= 15 is 0 Å². The molecule has 100 valence electrons. The minimum absolute atomic E-state index is 0.127. The Morgan fingerprint density at radius 1 is 1.28 bits per heavy atom. The summed E-state index contributed by atoms with van der Waals surface area (Å²) in [6.45, 7) is 1.67. The minimum Gasteiger partial charge on any atom is -0.459 e. The molecule has 1 heterocycles. The Morgan fingerprint density at radius 3 is 2.83 bits per heavy atom. The third kappa shape index (κ3) is 4.18. The maximum atomic E-state index is 11.5. The fraction of sp³-hybridized carbons (Fsp3) is 0.643. The largest absolute Gasteiger partial charge is 0.459 e. The van der Waals surface area contributed by atoms with Gasteiger partial charge in [0.05, 0.1) is 6.26 Å². The topological polar surface area (TPSA) is 54.3 Å². The highest BCUT2D eigenvalue weighted by Gasteiger charge is 2.12. The average molecular weight is 250 g/mol. The van der Waals surface area contributed by atoms with Gasteiger partial charge in [-0.05, 0) is 37.9 Å². The summed E-state index contributed by atoms with van der Waals surface area (Å²) in [6.07, 6.45) is 9.18. The van der Waals surface area contributed by atoms with E-state index in [4.69, 9.17) is 4.42 Å². The molecule has 4 nitrogen and oxygen atoms in total. The number of rotatable bonds is 6. The van der Waals surface area contributed by atoms with Gasteiger partial charge in [0.2, 0.25) is 0 Å². The molecule has 0 saturated heterocycles. The summed E-state index contributed by atoms with van der Waals surface area (Å²) >= 11 is 0. The standard InChI is InChI=1S/C14H22N2O2/c17-14(13-8-4-11-18-13)16-10-5-9-15-12-6-2-1-3-7-12/h4,8,11-12,15H,1-3,5-7,9-10H2,(H,16,17). The van der Waals surface area contributed by atoms with Gasteiger partial charge in [0.25, 0.3) is 5.91 Å². The normalized spacial score (nSPS) is 16.7. The molecular weight excluding hydrogens is 228 g/mol. The lowest BCUT2D eigenvalue weighted by Crippen LogP contribution is -2.33. The second-order valence-corrected chi connectivity index (χ2v) is 4.88. The van der Waals surface area contributed by atoms with Gasteiger partial charge < -0.3 is 15.1 Å². The molecule has 18 heavy (non-hydrogen) atoms. The van der Waals surface area contributed by atoms with Crippen molar-refractivity contribution in [1.82, 2.24) is 10.6 Å². The molecule has 0 unspecified atom stereocenters. The highest BCUT2D eigenvalue weighted by atomic mass is 16.3. The molecule has 1 aliphatic carbocycles. The van der Waals surface area contributed by atoms with Crippen LogP contribution in [0.25, 0.3) is 0 Å². The molecule has 0 radical (unpaired) electrons. The average Bonchev–Trinajstić information content (AvgIpc) is 2.93. The van der Waals surface area contributed by atoms with Crippen LogP contribution in [0, 0.1) is 0 Å². The van der Waals surface area contributed by atoms with Crippen LogP contribution in [-0.4, -0.2) is 25.0 Å². The van der Waals surface area contributed by atoms with E-state index in [1.807, 2.05) is 0 Å². The minimum atomic E-state index is -0.127. The van der Waals surface area contributed by atoms with Crippen LogP contribution in [0.3, 0.4) is 0 Å². The molecule has 4 heteroatoms. The van der Waals surface area contributed by atoms with Crippen LogP contribution < -0.4 is 10.6 Å². The zero-order valence-corrected chi connectivity index (χ0v) is 10.8. The lowest BCUT2D eigenvalue weighted by Gasteiger charge is -2.22. The van der Waals surface area contributed by atoms with Crippen LogP contribution in [0.4, 0.5) is 0 Å². The summed E-state index contributed by atoms with van der Waals surface area (Å²) in [5.41, 5.74) is 0. The third-order valence-corrected chi connectivity index (χ3v) is 3.42. The van der Waals surface area contributed by atoms with Gasteiger partial charge in [-0.25, -0.2) is 0 Å². The molecule has 1 fully saturated rings. The monoisotopic (exact) mass is 250 g/mol. The fourth-order valence-electron chi connectivity index (χ4n) is 2.40. The number of hydrogen-bond donors (Lipinski definition) is 2. The molecule has 0 aliphatic heterocycles. The van der Waals surface area contributed by atoms with E-state index in [0.29, 0.717) is 18.3 Å². The fourth-order valence-corrected chi connectivity index (χ4v) is 2.40. The Labute approximate surface area is 108 Å². The summed E-state index contributed by atoms with van der Waals surface area (Å²) in [5, 5.41) is 6.41. The van der Waals surface area contributed by atoms with Crippen molar-refractivity contribution in [2.45, 2.75) is 44.6 Å². The van der Waals surface area contributed by atoms with Gasteiger partial charge in [-0.3, -0.25) is 4.79 Å². The van der Waals surface area contributed by atoms with Crippen molar-refractivity contribution in [3.05, 3.63) is 24.2 Å². The summed E-state index contributed by atoms with van der Waals surface area (Å²) in [5.74, 6) is 0.257. The van der Waals surface area contributed by atoms with Crippen LogP contribution in [-0.2, 0) is 0 Å². The summed E-state index contributed by atoms with van der Waals surface area (Å²) in [4.78, 5) is 11.5. The van der Waals surface area contributed by atoms with Crippen molar-refractivity contribution < 1.29 is 9.21 Å². The predicted octanol–water partition coefficient (Wildman–Crippen LogP) is 2.32. The van der Waals surface area contributed by atoms with E-state index in [1.54, 1.807) is 12.1 Å². The van der Waals surface area contributed by atoms with E-state index < -0.39 is 0 Å². The first-order valence-corrected chi connectivity index (χ1v) is 6.91. The van der Waals surface area contributed by atoms with Crippen LogP contribution in [0.2, 0.25) is 0 Å². The van der Waals surface area contributed by atoms with Gasteiger partial charge in [-0.1, -0.05) is 19.3 Å². The van der Waals surface area contributed by atoms with Gasteiger partial charge in [0.1, 0.15) is 0 Å². The number of carbonyl (C=O) groups excluding carboxylic acids is 1. The van der Waals surface area contributed by atoms with Crippen LogP contribution in [0.1, 0.15) is 49.1 Å². The molecule has 1 saturated carbocycles. The van der Waals surface area contributed by atoms with Gasteiger partial charge in [0.15, 0.2) is 5.76 Å². The number of amides is 1. The van der Waals surface area contributed by atoms with Crippen molar-refractivity contribution >= 4 is 5.91 Å². The summed E-state index contributed by atoms with van der Waals surface area (Å²) < 4.78 is 5.02. The van der Waals surface area contributed by atoms with Crippen LogP contribution in [0.5, 0.6) is 0 Å². The maximum Gasteiger partial charge on any atom is 0.286 e. The van der Waals surface area contributed by atoms with Crippen molar-refractivity contribution in [3.63, 3.8) is 0 Å². The highest BCUT2D eigenvalue weighted by molar-refractivity contribution is 5.91. The van der Waals surface area contributed by atoms with Crippen LogP contribution >= 0.6 is 0 Å². The molecule has 1 amide bonds. The Morgan fingerprint density at radius 2 is 2.11 bits per heavy atom. The summed E-state index contributed by atoms with van der Waals surface area (Å²) in [6, 6.07) is 4.09. The number of carbonyl (C=O) groups is 1. The summed E-state index contributed by atoms with van der Waals surface area (Å²) in [7, 11) is 0. The number of furan rings is 1. The van der Waals surface area contributed by atoms with E-state index in [-0.39, 0.29) is 5.91 Å². The smallest absolute Gasteiger partial charge is 0.286 e. The second-order valence-electron chi connectivity index (χ2n) is 4.88. The first-order valence-electron chi connectivity index (χ1n) is 6.91. The van der Waals surface area contributed by atoms with Gasteiger partial charge in [0, 0.05) is 12.6 Å². The van der Waals surface area contributed by atoms with Gasteiger partial charge in [-0.2, -0.15) is 0 Å². The molecule has 0 aromatic carbocycles. The molecule has 1 aromatic rings. The van der Waals surface area contributed by atoms with Crippen LogP contribution in [0.15, 0.2) is 22.8 Å². The van der Waals surface area contributed by atoms with E-state index in [1.165, 1.54) is 38.4 Å². The third-order valence-electron chi connectivity index (χ3n) is 3.42. The molecular formula is C14H22N2O2. The van der Waals surface area contributed by atoms with Crippen molar-refractivity contribution in [3.8, 4) is 0 Å².